The molecule has 2 heterocycles. The summed E-state index contributed by atoms with van der Waals surface area (Å²) in [5, 5.41) is 3.64. The van der Waals surface area contributed by atoms with E-state index >= 15 is 0 Å². The summed E-state index contributed by atoms with van der Waals surface area (Å²) in [7, 11) is 0. The van der Waals surface area contributed by atoms with Crippen LogP contribution in [0.25, 0.3) is 5.57 Å². The van der Waals surface area contributed by atoms with E-state index in [9.17, 15) is 4.79 Å². The van der Waals surface area contributed by atoms with E-state index in [1.807, 2.05) is 13.8 Å². The number of ketones is 1. The first-order valence-electron chi connectivity index (χ1n) is 8.62. The molecule has 1 saturated carbocycles. The van der Waals surface area contributed by atoms with Crippen LogP contribution >= 0.6 is 0 Å². The van der Waals surface area contributed by atoms with Crippen LogP contribution < -0.4 is 5.32 Å². The number of hydrogen-bond donors (Lipinski definition) is 1. The van der Waals surface area contributed by atoms with E-state index < -0.39 is 0 Å². The lowest BCUT2D eigenvalue weighted by Crippen LogP contribution is -2.43. The molecule has 0 aromatic heterocycles. The van der Waals surface area contributed by atoms with E-state index in [1.165, 1.54) is 17.5 Å². The highest BCUT2D eigenvalue weighted by Gasteiger charge is 2.41. The lowest BCUT2D eigenvalue weighted by Gasteiger charge is -2.30. The molecule has 2 heteroatoms. The number of fused-ring (bicyclic) bond motifs is 4. The van der Waals surface area contributed by atoms with Gasteiger partial charge in [0.25, 0.3) is 0 Å². The van der Waals surface area contributed by atoms with Gasteiger partial charge in [-0.05, 0) is 55.7 Å². The van der Waals surface area contributed by atoms with Gasteiger partial charge < -0.3 is 5.32 Å². The Balaban J connectivity index is 1.94. The first kappa shape index (κ1) is 15.5. The highest BCUT2D eigenvalue weighted by molar-refractivity contribution is 5.82. The molecular formula is C20H27NO. The SMILES string of the molecule is C=C(C)c1ccc([C@@H]2CC3CCC(NC3)[C@H]2C(=O)CC)cc1. The van der Waals surface area contributed by atoms with Gasteiger partial charge in [-0.15, -0.1) is 0 Å². The van der Waals surface area contributed by atoms with Gasteiger partial charge in [0.15, 0.2) is 0 Å². The molecule has 0 amide bonds. The van der Waals surface area contributed by atoms with Gasteiger partial charge in [0.1, 0.15) is 5.78 Å². The summed E-state index contributed by atoms with van der Waals surface area (Å²) in [5.41, 5.74) is 3.62. The summed E-state index contributed by atoms with van der Waals surface area (Å²) in [5.74, 6) is 1.66. The Morgan fingerprint density at radius 2 is 2.00 bits per heavy atom. The molecule has 1 aliphatic carbocycles. The number of rotatable bonds is 4. The van der Waals surface area contributed by atoms with E-state index in [0.717, 1.165) is 30.9 Å². The molecule has 2 unspecified atom stereocenters. The van der Waals surface area contributed by atoms with E-state index in [-0.39, 0.29) is 5.92 Å². The predicted molar refractivity (Wildman–Crippen MR) is 91.8 cm³/mol. The third kappa shape index (κ3) is 2.89. The van der Waals surface area contributed by atoms with Gasteiger partial charge in [0.2, 0.25) is 0 Å². The third-order valence-electron chi connectivity index (χ3n) is 5.56. The second-order valence-corrected chi connectivity index (χ2v) is 7.05. The van der Waals surface area contributed by atoms with Crippen LogP contribution in [0.1, 0.15) is 56.6 Å². The van der Waals surface area contributed by atoms with Crippen LogP contribution in [0.15, 0.2) is 30.8 Å². The van der Waals surface area contributed by atoms with Crippen molar-refractivity contribution >= 4 is 11.4 Å². The number of allylic oxidation sites excluding steroid dienone is 1. The molecule has 2 aliphatic heterocycles. The Labute approximate surface area is 134 Å². The zero-order valence-corrected chi connectivity index (χ0v) is 13.8. The summed E-state index contributed by atoms with van der Waals surface area (Å²) in [6.07, 6.45) is 4.22. The Kier molecular flexibility index (Phi) is 4.49. The highest BCUT2D eigenvalue weighted by atomic mass is 16.1. The largest absolute Gasteiger partial charge is 0.313 e. The molecule has 2 saturated heterocycles. The summed E-state index contributed by atoms with van der Waals surface area (Å²) in [4.78, 5) is 12.6. The zero-order chi connectivity index (χ0) is 15.7. The Morgan fingerprint density at radius 3 is 2.55 bits per heavy atom. The van der Waals surface area contributed by atoms with Crippen molar-refractivity contribution in [2.75, 3.05) is 6.54 Å². The summed E-state index contributed by atoms with van der Waals surface area (Å²) < 4.78 is 0. The fourth-order valence-electron chi connectivity index (χ4n) is 4.27. The second kappa shape index (κ2) is 6.37. The van der Waals surface area contributed by atoms with Gasteiger partial charge >= 0.3 is 0 Å². The maximum absolute atomic E-state index is 12.6. The molecule has 1 N–H and O–H groups in total. The number of Topliss-reactive ketones (excluding diaryl/α,β-unsaturated/α-hetero) is 1. The minimum atomic E-state index is 0.146. The number of nitrogens with one attached hydrogen (secondary N) is 1. The number of piperidine rings is 1. The smallest absolute Gasteiger partial charge is 0.137 e. The normalized spacial score (nSPS) is 30.8. The molecular weight excluding hydrogens is 270 g/mol. The summed E-state index contributed by atoms with van der Waals surface area (Å²) in [6, 6.07) is 9.12. The molecule has 2 bridgehead atoms. The third-order valence-corrected chi connectivity index (χ3v) is 5.56. The minimum Gasteiger partial charge on any atom is -0.313 e. The van der Waals surface area contributed by atoms with Crippen LogP contribution in [-0.2, 0) is 4.79 Å². The molecule has 118 valence electrons. The van der Waals surface area contributed by atoms with Crippen LogP contribution in [0.4, 0.5) is 0 Å². The fourth-order valence-corrected chi connectivity index (χ4v) is 4.27. The summed E-state index contributed by atoms with van der Waals surface area (Å²) >= 11 is 0. The molecule has 3 fully saturated rings. The Hall–Kier alpha value is -1.41. The molecule has 1 aromatic carbocycles. The molecule has 0 spiro atoms. The van der Waals surface area contributed by atoms with Crippen LogP contribution in [-0.4, -0.2) is 18.4 Å². The average molecular weight is 297 g/mol. The molecule has 4 rings (SSSR count). The molecule has 3 aliphatic rings. The summed E-state index contributed by atoms with van der Waals surface area (Å²) in [6.45, 7) is 9.13. The van der Waals surface area contributed by atoms with Gasteiger partial charge in [-0.1, -0.05) is 43.3 Å². The van der Waals surface area contributed by atoms with Gasteiger partial charge in [0.05, 0.1) is 0 Å². The lowest BCUT2D eigenvalue weighted by molar-refractivity contribution is -0.124. The van der Waals surface area contributed by atoms with Crippen molar-refractivity contribution in [3.05, 3.63) is 42.0 Å². The average Bonchev–Trinajstić information content (AvgIpc) is 2.84. The zero-order valence-electron chi connectivity index (χ0n) is 13.8. The number of carbonyl (C=O) groups excluding carboxylic acids is 1. The van der Waals surface area contributed by atoms with Gasteiger partial charge in [-0.3, -0.25) is 4.79 Å². The topological polar surface area (TPSA) is 29.1 Å². The van der Waals surface area contributed by atoms with Gasteiger partial charge in [-0.2, -0.15) is 0 Å². The van der Waals surface area contributed by atoms with E-state index in [4.69, 9.17) is 0 Å². The van der Waals surface area contributed by atoms with E-state index in [0.29, 0.717) is 24.2 Å². The lowest BCUT2D eigenvalue weighted by atomic mass is 9.77. The number of benzene rings is 1. The standard InChI is InChI=1S/C20H27NO/c1-4-19(22)20-17(11-14-5-10-18(20)21-12-14)16-8-6-15(7-9-16)13(2)3/h6-9,14,17-18,20-21H,2,4-5,10-12H2,1,3H3/t14?,17-,18?,20-/m0/s1. The van der Waals surface area contributed by atoms with Crippen molar-refractivity contribution < 1.29 is 4.79 Å². The van der Waals surface area contributed by atoms with Crippen LogP contribution in [0, 0.1) is 11.8 Å². The monoisotopic (exact) mass is 297 g/mol. The van der Waals surface area contributed by atoms with Crippen molar-refractivity contribution in [3.8, 4) is 0 Å². The van der Waals surface area contributed by atoms with E-state index in [1.54, 1.807) is 0 Å². The maximum Gasteiger partial charge on any atom is 0.137 e. The molecule has 2 nitrogen and oxygen atoms in total. The van der Waals surface area contributed by atoms with Crippen LogP contribution in [0.2, 0.25) is 0 Å². The Bertz CT molecular complexity index is 552. The van der Waals surface area contributed by atoms with Crippen molar-refractivity contribution in [1.82, 2.24) is 5.32 Å². The molecule has 1 aromatic rings. The van der Waals surface area contributed by atoms with Crippen LogP contribution in [0.5, 0.6) is 0 Å². The predicted octanol–water partition coefficient (Wildman–Crippen LogP) is 4.17. The molecule has 22 heavy (non-hydrogen) atoms. The molecule has 4 atom stereocenters. The fraction of sp³-hybridized carbons (Fsp3) is 0.550. The van der Waals surface area contributed by atoms with E-state index in [2.05, 4.69) is 36.2 Å². The van der Waals surface area contributed by atoms with Crippen molar-refractivity contribution in [3.63, 3.8) is 0 Å². The quantitative estimate of drug-likeness (QED) is 0.903. The van der Waals surface area contributed by atoms with Crippen molar-refractivity contribution in [2.45, 2.75) is 51.5 Å². The number of carbonyl (C=O) groups is 1. The van der Waals surface area contributed by atoms with Gasteiger partial charge in [-0.25, -0.2) is 0 Å². The van der Waals surface area contributed by atoms with Crippen molar-refractivity contribution in [1.29, 1.82) is 0 Å². The first-order valence-corrected chi connectivity index (χ1v) is 8.62. The maximum atomic E-state index is 12.6. The first-order chi connectivity index (χ1) is 10.6. The minimum absolute atomic E-state index is 0.146. The van der Waals surface area contributed by atoms with Gasteiger partial charge in [0, 0.05) is 18.4 Å². The second-order valence-electron chi connectivity index (χ2n) is 7.05. The number of hydrogen-bond acceptors (Lipinski definition) is 2. The molecule has 0 radical (unpaired) electrons. The van der Waals surface area contributed by atoms with Crippen molar-refractivity contribution in [2.24, 2.45) is 11.8 Å². The van der Waals surface area contributed by atoms with Crippen LogP contribution in [0.3, 0.4) is 0 Å². The highest BCUT2D eigenvalue weighted by Crippen LogP contribution is 2.42. The Morgan fingerprint density at radius 1 is 1.27 bits per heavy atom.